The normalized spacial score (nSPS) is 16.1. The first-order valence-electron chi connectivity index (χ1n) is 7.11. The number of hydrogen-bond donors (Lipinski definition) is 1. The summed E-state index contributed by atoms with van der Waals surface area (Å²) in [6, 6.07) is 8.59. The third-order valence-corrected chi connectivity index (χ3v) is 4.99. The standard InChI is InChI=1S/C15H18N4OS/c1-11-3-2-4-13(9-11)21-12-5-7-19(8-6-12)15(20)14-10-16-18-17-14/h2-4,9-10,12H,5-8H2,1H3,(H,16,17,18). The second kappa shape index (κ2) is 6.30. The van der Waals surface area contributed by atoms with Gasteiger partial charge in [-0.15, -0.1) is 11.8 Å². The van der Waals surface area contributed by atoms with Crippen LogP contribution >= 0.6 is 11.8 Å². The molecular weight excluding hydrogens is 284 g/mol. The second-order valence-corrected chi connectivity index (χ2v) is 6.65. The molecule has 1 amide bonds. The Morgan fingerprint density at radius 1 is 1.38 bits per heavy atom. The van der Waals surface area contributed by atoms with Crippen LogP contribution in [-0.4, -0.2) is 44.6 Å². The molecule has 1 N–H and O–H groups in total. The lowest BCUT2D eigenvalue weighted by Gasteiger charge is -2.31. The number of aromatic nitrogens is 3. The molecule has 3 rings (SSSR count). The largest absolute Gasteiger partial charge is 0.337 e. The van der Waals surface area contributed by atoms with Gasteiger partial charge in [0.25, 0.3) is 5.91 Å². The van der Waals surface area contributed by atoms with Gasteiger partial charge >= 0.3 is 0 Å². The van der Waals surface area contributed by atoms with E-state index in [1.165, 1.54) is 16.7 Å². The Morgan fingerprint density at radius 3 is 2.86 bits per heavy atom. The van der Waals surface area contributed by atoms with Gasteiger partial charge in [-0.2, -0.15) is 15.4 Å². The first kappa shape index (κ1) is 14.1. The van der Waals surface area contributed by atoms with Gasteiger partial charge in [-0.1, -0.05) is 17.7 Å². The molecule has 1 aliphatic heterocycles. The van der Waals surface area contributed by atoms with Crippen molar-refractivity contribution in [2.75, 3.05) is 13.1 Å². The summed E-state index contributed by atoms with van der Waals surface area (Å²) in [6.07, 6.45) is 3.51. The smallest absolute Gasteiger partial charge is 0.276 e. The van der Waals surface area contributed by atoms with E-state index >= 15 is 0 Å². The number of likely N-dealkylation sites (tertiary alicyclic amines) is 1. The number of hydrogen-bond acceptors (Lipinski definition) is 4. The highest BCUT2D eigenvalue weighted by molar-refractivity contribution is 8.00. The molecule has 5 nitrogen and oxygen atoms in total. The molecular formula is C15H18N4OS. The lowest BCUT2D eigenvalue weighted by Crippen LogP contribution is -2.39. The van der Waals surface area contributed by atoms with Crippen LogP contribution in [0, 0.1) is 6.92 Å². The Hall–Kier alpha value is -1.82. The zero-order valence-electron chi connectivity index (χ0n) is 12.0. The van der Waals surface area contributed by atoms with Crippen LogP contribution in [0.15, 0.2) is 35.4 Å². The summed E-state index contributed by atoms with van der Waals surface area (Å²) in [6.45, 7) is 3.69. The van der Waals surface area contributed by atoms with Crippen molar-refractivity contribution in [3.8, 4) is 0 Å². The summed E-state index contributed by atoms with van der Waals surface area (Å²) < 4.78 is 0. The Morgan fingerprint density at radius 2 is 2.19 bits per heavy atom. The number of carbonyl (C=O) groups is 1. The van der Waals surface area contributed by atoms with Crippen molar-refractivity contribution in [1.82, 2.24) is 20.3 Å². The first-order valence-corrected chi connectivity index (χ1v) is 7.99. The van der Waals surface area contributed by atoms with Gasteiger partial charge < -0.3 is 4.90 Å². The molecule has 0 spiro atoms. The fourth-order valence-corrected chi connectivity index (χ4v) is 3.77. The van der Waals surface area contributed by atoms with E-state index in [1.54, 1.807) is 0 Å². The molecule has 1 aromatic carbocycles. The minimum atomic E-state index is -0.0252. The Kier molecular flexibility index (Phi) is 4.24. The van der Waals surface area contributed by atoms with Crippen LogP contribution in [0.5, 0.6) is 0 Å². The van der Waals surface area contributed by atoms with Crippen LogP contribution in [0.2, 0.25) is 0 Å². The van der Waals surface area contributed by atoms with Crippen molar-refractivity contribution >= 4 is 17.7 Å². The van der Waals surface area contributed by atoms with Gasteiger partial charge in [0, 0.05) is 23.2 Å². The van der Waals surface area contributed by atoms with E-state index in [2.05, 4.69) is 46.6 Å². The number of piperidine rings is 1. The summed E-state index contributed by atoms with van der Waals surface area (Å²) in [4.78, 5) is 15.3. The predicted molar refractivity (Wildman–Crippen MR) is 82.3 cm³/mol. The number of carbonyl (C=O) groups excluding carboxylic acids is 1. The zero-order chi connectivity index (χ0) is 14.7. The molecule has 1 aliphatic rings. The Labute approximate surface area is 128 Å². The van der Waals surface area contributed by atoms with E-state index in [-0.39, 0.29) is 5.91 Å². The summed E-state index contributed by atoms with van der Waals surface area (Å²) in [5, 5.41) is 10.6. The second-order valence-electron chi connectivity index (χ2n) is 5.28. The minimum absolute atomic E-state index is 0.0252. The quantitative estimate of drug-likeness (QED) is 0.946. The molecule has 0 unspecified atom stereocenters. The van der Waals surface area contributed by atoms with Gasteiger partial charge in [0.05, 0.1) is 6.20 Å². The maximum atomic E-state index is 12.2. The molecule has 0 aliphatic carbocycles. The van der Waals surface area contributed by atoms with Gasteiger partial charge in [-0.3, -0.25) is 4.79 Å². The monoisotopic (exact) mass is 302 g/mol. The lowest BCUT2D eigenvalue weighted by atomic mass is 10.1. The average Bonchev–Trinajstić information content (AvgIpc) is 3.01. The first-order chi connectivity index (χ1) is 10.2. The molecule has 0 saturated carbocycles. The number of nitrogens with zero attached hydrogens (tertiary/aromatic N) is 3. The van der Waals surface area contributed by atoms with Crippen molar-refractivity contribution in [3.05, 3.63) is 41.7 Å². The van der Waals surface area contributed by atoms with E-state index < -0.39 is 0 Å². The molecule has 21 heavy (non-hydrogen) atoms. The molecule has 2 aromatic rings. The highest BCUT2D eigenvalue weighted by atomic mass is 32.2. The van der Waals surface area contributed by atoms with Crippen LogP contribution in [0.25, 0.3) is 0 Å². The average molecular weight is 302 g/mol. The highest BCUT2D eigenvalue weighted by Gasteiger charge is 2.25. The van der Waals surface area contributed by atoms with Crippen LogP contribution in [-0.2, 0) is 0 Å². The highest BCUT2D eigenvalue weighted by Crippen LogP contribution is 2.31. The Bertz CT molecular complexity index is 606. The van der Waals surface area contributed by atoms with E-state index in [9.17, 15) is 4.79 Å². The molecule has 2 heterocycles. The third kappa shape index (κ3) is 3.44. The topological polar surface area (TPSA) is 61.9 Å². The molecule has 1 saturated heterocycles. The van der Waals surface area contributed by atoms with Crippen LogP contribution in [0.1, 0.15) is 28.9 Å². The number of amides is 1. The van der Waals surface area contributed by atoms with E-state index in [0.717, 1.165) is 25.9 Å². The SMILES string of the molecule is Cc1cccc(SC2CCN(C(=O)c3cn[nH]n3)CC2)c1. The fraction of sp³-hybridized carbons (Fsp3) is 0.400. The van der Waals surface area contributed by atoms with Crippen LogP contribution in [0.4, 0.5) is 0 Å². The van der Waals surface area contributed by atoms with Gasteiger partial charge in [0.15, 0.2) is 5.69 Å². The number of rotatable bonds is 3. The number of thioether (sulfide) groups is 1. The van der Waals surface area contributed by atoms with E-state index in [1.807, 2.05) is 16.7 Å². The lowest BCUT2D eigenvalue weighted by molar-refractivity contribution is 0.0721. The molecule has 110 valence electrons. The maximum absolute atomic E-state index is 12.2. The zero-order valence-corrected chi connectivity index (χ0v) is 12.8. The third-order valence-electron chi connectivity index (χ3n) is 3.66. The Balaban J connectivity index is 1.54. The van der Waals surface area contributed by atoms with Crippen LogP contribution in [0.3, 0.4) is 0 Å². The van der Waals surface area contributed by atoms with Gasteiger partial charge in [-0.05, 0) is 31.9 Å². The van der Waals surface area contributed by atoms with Gasteiger partial charge in [0.2, 0.25) is 0 Å². The minimum Gasteiger partial charge on any atom is -0.337 e. The number of benzene rings is 1. The van der Waals surface area contributed by atoms with Gasteiger partial charge in [0.1, 0.15) is 0 Å². The summed E-state index contributed by atoms with van der Waals surface area (Å²) in [7, 11) is 0. The van der Waals surface area contributed by atoms with E-state index in [0.29, 0.717) is 10.9 Å². The number of aryl methyl sites for hydroxylation is 1. The summed E-state index contributed by atoms with van der Waals surface area (Å²) >= 11 is 1.92. The van der Waals surface area contributed by atoms with Crippen molar-refractivity contribution in [1.29, 1.82) is 0 Å². The molecule has 6 heteroatoms. The maximum Gasteiger partial charge on any atom is 0.276 e. The fourth-order valence-electron chi connectivity index (χ4n) is 2.52. The molecule has 0 atom stereocenters. The van der Waals surface area contributed by atoms with Crippen molar-refractivity contribution in [2.45, 2.75) is 29.9 Å². The van der Waals surface area contributed by atoms with Gasteiger partial charge in [-0.25, -0.2) is 0 Å². The van der Waals surface area contributed by atoms with Crippen LogP contribution < -0.4 is 0 Å². The molecule has 1 aromatic heterocycles. The molecule has 0 radical (unpaired) electrons. The van der Waals surface area contributed by atoms with E-state index in [4.69, 9.17) is 0 Å². The predicted octanol–water partition coefficient (Wildman–Crippen LogP) is 2.51. The van der Waals surface area contributed by atoms with Crippen molar-refractivity contribution in [3.63, 3.8) is 0 Å². The number of H-pyrrole nitrogens is 1. The molecule has 0 bridgehead atoms. The summed E-state index contributed by atoms with van der Waals surface area (Å²) in [5.74, 6) is -0.0252. The van der Waals surface area contributed by atoms with Crippen molar-refractivity contribution < 1.29 is 4.79 Å². The number of nitrogens with one attached hydrogen (secondary N) is 1. The summed E-state index contributed by atoms with van der Waals surface area (Å²) in [5.41, 5.74) is 1.69. The molecule has 1 fully saturated rings. The van der Waals surface area contributed by atoms with Crippen molar-refractivity contribution in [2.24, 2.45) is 0 Å². The number of aromatic amines is 1.